The van der Waals surface area contributed by atoms with Crippen LogP contribution >= 0.6 is 0 Å². The molecule has 1 fully saturated rings. The summed E-state index contributed by atoms with van der Waals surface area (Å²) in [5.74, 6) is -1.02. The minimum Gasteiger partial charge on any atom is -0.478 e. The smallest absolute Gasteiger partial charge is 0.337 e. The first-order chi connectivity index (χ1) is 10.4. The molecule has 4 N–H and O–H groups in total. The van der Waals surface area contributed by atoms with Gasteiger partial charge >= 0.3 is 5.97 Å². The van der Waals surface area contributed by atoms with Crippen molar-refractivity contribution in [2.24, 2.45) is 0 Å². The Morgan fingerprint density at radius 2 is 1.95 bits per heavy atom. The average Bonchev–Trinajstić information content (AvgIpc) is 2.50. The van der Waals surface area contributed by atoms with Crippen LogP contribution in [-0.2, 0) is 11.2 Å². The quantitative estimate of drug-likeness (QED) is 0.603. The number of rotatable bonds is 5. The number of carboxylic acid groups (broad SMARTS) is 1. The predicted octanol–water partition coefficient (Wildman–Crippen LogP) is -0.0275. The number of carbonyl (C=O) groups is 1. The number of aromatic nitrogens is 1. The van der Waals surface area contributed by atoms with E-state index in [1.807, 2.05) is 0 Å². The zero-order valence-corrected chi connectivity index (χ0v) is 12.3. The predicted molar refractivity (Wildman–Crippen MR) is 76.5 cm³/mol. The molecule has 1 aliphatic heterocycles. The number of hydrogen-bond donors (Lipinski definition) is 4. The first kappa shape index (κ1) is 16.8. The Labute approximate surface area is 128 Å². The van der Waals surface area contributed by atoms with Gasteiger partial charge < -0.3 is 25.2 Å². The summed E-state index contributed by atoms with van der Waals surface area (Å²) in [6, 6.07) is 1.56. The minimum atomic E-state index is -1.22. The third-order valence-electron chi connectivity index (χ3n) is 3.95. The van der Waals surface area contributed by atoms with Crippen molar-refractivity contribution in [2.75, 3.05) is 0 Å². The normalized spacial score (nSPS) is 31.9. The van der Waals surface area contributed by atoms with Gasteiger partial charge in [0, 0.05) is 12.4 Å². The average molecular weight is 311 g/mol. The molecule has 7 nitrogen and oxygen atoms in total. The van der Waals surface area contributed by atoms with Crippen molar-refractivity contribution in [1.82, 2.24) is 4.98 Å². The first-order valence-corrected chi connectivity index (χ1v) is 7.27. The zero-order valence-electron chi connectivity index (χ0n) is 12.3. The van der Waals surface area contributed by atoms with Crippen molar-refractivity contribution >= 4 is 5.97 Å². The van der Waals surface area contributed by atoms with E-state index >= 15 is 0 Å². The largest absolute Gasteiger partial charge is 0.478 e. The highest BCUT2D eigenvalue weighted by atomic mass is 16.5. The Hall–Kier alpha value is -1.54. The van der Waals surface area contributed by atoms with Gasteiger partial charge in [0.25, 0.3) is 0 Å². The second kappa shape index (κ2) is 7.15. The molecule has 5 atom stereocenters. The lowest BCUT2D eigenvalue weighted by molar-refractivity contribution is -0.218. The van der Waals surface area contributed by atoms with Gasteiger partial charge in [-0.25, -0.2) is 4.79 Å². The lowest BCUT2D eigenvalue weighted by Gasteiger charge is -2.39. The van der Waals surface area contributed by atoms with Crippen molar-refractivity contribution in [1.29, 1.82) is 0 Å². The number of pyridine rings is 1. The molecule has 0 aliphatic carbocycles. The van der Waals surface area contributed by atoms with Crippen LogP contribution in [0, 0.1) is 0 Å². The molecular formula is C15H21NO6. The van der Waals surface area contributed by atoms with Crippen LogP contribution in [0.4, 0.5) is 0 Å². The second-order valence-corrected chi connectivity index (χ2v) is 5.63. The summed E-state index contributed by atoms with van der Waals surface area (Å²) in [7, 11) is 0. The minimum absolute atomic E-state index is 0.138. The Bertz CT molecular complexity index is 523. The van der Waals surface area contributed by atoms with Crippen LogP contribution in [0.2, 0.25) is 0 Å². The van der Waals surface area contributed by atoms with Crippen LogP contribution in [0.15, 0.2) is 18.5 Å². The van der Waals surface area contributed by atoms with E-state index in [0.717, 1.165) is 5.56 Å². The highest BCUT2D eigenvalue weighted by Gasteiger charge is 2.41. The van der Waals surface area contributed by atoms with E-state index in [1.165, 1.54) is 6.20 Å². The van der Waals surface area contributed by atoms with E-state index in [1.54, 1.807) is 19.2 Å². The van der Waals surface area contributed by atoms with Crippen LogP contribution in [0.3, 0.4) is 0 Å². The number of carboxylic acids is 1. The molecule has 3 unspecified atom stereocenters. The van der Waals surface area contributed by atoms with E-state index in [0.29, 0.717) is 19.3 Å². The van der Waals surface area contributed by atoms with E-state index in [-0.39, 0.29) is 5.56 Å². The number of aryl methyl sites for hydroxylation is 1. The molecule has 0 saturated carbocycles. The molecule has 122 valence electrons. The van der Waals surface area contributed by atoms with Crippen LogP contribution in [-0.4, -0.2) is 61.9 Å². The molecule has 0 radical (unpaired) electrons. The number of aromatic carboxylic acids is 1. The summed E-state index contributed by atoms with van der Waals surface area (Å²) in [5, 5.41) is 38.2. The second-order valence-electron chi connectivity index (χ2n) is 5.63. The number of nitrogens with zero attached hydrogens (tertiary/aromatic N) is 1. The lowest BCUT2D eigenvalue weighted by Crippen LogP contribution is -2.56. The van der Waals surface area contributed by atoms with Gasteiger partial charge in [0.05, 0.1) is 17.8 Å². The van der Waals surface area contributed by atoms with Crippen LogP contribution < -0.4 is 0 Å². The molecule has 2 heterocycles. The Kier molecular flexibility index (Phi) is 5.47. The molecule has 1 saturated heterocycles. The number of ether oxygens (including phenoxy) is 1. The van der Waals surface area contributed by atoms with Crippen molar-refractivity contribution in [3.8, 4) is 0 Å². The van der Waals surface area contributed by atoms with Crippen molar-refractivity contribution in [3.63, 3.8) is 0 Å². The summed E-state index contributed by atoms with van der Waals surface area (Å²) < 4.78 is 5.51. The Balaban J connectivity index is 1.88. The van der Waals surface area contributed by atoms with Crippen LogP contribution in [0.25, 0.3) is 0 Å². The van der Waals surface area contributed by atoms with Gasteiger partial charge in [-0.05, 0) is 37.8 Å². The standard InChI is InChI=1S/C15H21NO6/c1-8-12(17)14(19)13(18)11(22-8)4-2-3-9-5-10(15(20)21)7-16-6-9/h5-8,11-14,17-19H,2-4H2,1H3,(H,20,21)/t8?,11-,12+,13?,14?/m0/s1. The molecular weight excluding hydrogens is 290 g/mol. The summed E-state index contributed by atoms with van der Waals surface area (Å²) in [4.78, 5) is 14.8. The van der Waals surface area contributed by atoms with Crippen molar-refractivity contribution in [3.05, 3.63) is 29.6 Å². The number of hydrogen-bond acceptors (Lipinski definition) is 6. The van der Waals surface area contributed by atoms with Gasteiger partial charge in [-0.1, -0.05) is 0 Å². The maximum Gasteiger partial charge on any atom is 0.337 e. The van der Waals surface area contributed by atoms with Gasteiger partial charge in [0.2, 0.25) is 0 Å². The van der Waals surface area contributed by atoms with Gasteiger partial charge in [0.1, 0.15) is 18.3 Å². The van der Waals surface area contributed by atoms with E-state index < -0.39 is 36.5 Å². The van der Waals surface area contributed by atoms with Gasteiger partial charge in [-0.2, -0.15) is 0 Å². The molecule has 2 rings (SSSR count). The fourth-order valence-corrected chi connectivity index (χ4v) is 2.62. The fourth-order valence-electron chi connectivity index (χ4n) is 2.62. The third kappa shape index (κ3) is 3.80. The van der Waals surface area contributed by atoms with Crippen molar-refractivity contribution in [2.45, 2.75) is 56.7 Å². The molecule has 0 amide bonds. The Morgan fingerprint density at radius 1 is 1.23 bits per heavy atom. The molecule has 1 aliphatic rings. The summed E-state index contributed by atoms with van der Waals surface area (Å²) in [6.07, 6.45) is 0.0838. The van der Waals surface area contributed by atoms with E-state index in [4.69, 9.17) is 9.84 Å². The van der Waals surface area contributed by atoms with Crippen molar-refractivity contribution < 1.29 is 30.0 Å². The highest BCUT2D eigenvalue weighted by molar-refractivity contribution is 5.87. The van der Waals surface area contributed by atoms with Gasteiger partial charge in [0.15, 0.2) is 0 Å². The molecule has 0 aromatic carbocycles. The summed E-state index contributed by atoms with van der Waals surface area (Å²) >= 11 is 0. The highest BCUT2D eigenvalue weighted by Crippen LogP contribution is 2.24. The molecule has 22 heavy (non-hydrogen) atoms. The molecule has 0 bridgehead atoms. The maximum absolute atomic E-state index is 10.9. The number of aliphatic hydroxyl groups excluding tert-OH is 3. The SMILES string of the molecule is CC1O[C@@H](CCCc2cncc(C(=O)O)c2)C(O)C(O)[C@@H]1O. The molecule has 7 heteroatoms. The van der Waals surface area contributed by atoms with E-state index in [9.17, 15) is 20.1 Å². The van der Waals surface area contributed by atoms with Gasteiger partial charge in [-0.3, -0.25) is 4.98 Å². The monoisotopic (exact) mass is 311 g/mol. The third-order valence-corrected chi connectivity index (χ3v) is 3.95. The topological polar surface area (TPSA) is 120 Å². The first-order valence-electron chi connectivity index (χ1n) is 7.27. The summed E-state index contributed by atoms with van der Waals surface area (Å²) in [5.41, 5.74) is 0.928. The molecule has 0 spiro atoms. The Morgan fingerprint density at radius 3 is 2.64 bits per heavy atom. The number of aliphatic hydroxyl groups is 3. The zero-order chi connectivity index (χ0) is 16.3. The van der Waals surface area contributed by atoms with Crippen LogP contribution in [0.5, 0.6) is 0 Å². The lowest BCUT2D eigenvalue weighted by atomic mass is 9.92. The molecule has 1 aromatic heterocycles. The summed E-state index contributed by atoms with van der Waals surface area (Å²) in [6.45, 7) is 1.65. The maximum atomic E-state index is 10.9. The van der Waals surface area contributed by atoms with Gasteiger partial charge in [-0.15, -0.1) is 0 Å². The fraction of sp³-hybridized carbons (Fsp3) is 0.600. The van der Waals surface area contributed by atoms with E-state index in [2.05, 4.69) is 4.98 Å². The molecule has 1 aromatic rings. The van der Waals surface area contributed by atoms with Crippen LogP contribution in [0.1, 0.15) is 35.7 Å².